The zero-order valence-electron chi connectivity index (χ0n) is 14.7. The molecule has 1 aromatic carbocycles. The molecule has 0 aromatic heterocycles. The van der Waals surface area contributed by atoms with Gasteiger partial charge in [0.1, 0.15) is 5.60 Å². The summed E-state index contributed by atoms with van der Waals surface area (Å²) in [6, 6.07) is 5.96. The van der Waals surface area contributed by atoms with E-state index in [1.807, 2.05) is 0 Å². The molecule has 134 valence electrons. The van der Waals surface area contributed by atoms with Crippen molar-refractivity contribution in [3.8, 4) is 0 Å². The Morgan fingerprint density at radius 3 is 2.54 bits per heavy atom. The average Bonchev–Trinajstić information content (AvgIpc) is 2.40. The third-order valence-electron chi connectivity index (χ3n) is 3.99. The average molecular weight is 340 g/mol. The van der Waals surface area contributed by atoms with Crippen LogP contribution in [0.1, 0.15) is 51.3 Å². The van der Waals surface area contributed by atoms with Crippen molar-refractivity contribution < 1.29 is 18.3 Å². The first kappa shape index (κ1) is 18.6. The molecule has 2 rings (SSSR count). The monoisotopic (exact) mass is 340 g/mol. The Kier molecular flexibility index (Phi) is 5.18. The van der Waals surface area contributed by atoms with Crippen molar-refractivity contribution in [3.05, 3.63) is 35.4 Å². The van der Waals surface area contributed by atoms with E-state index in [2.05, 4.69) is 0 Å². The second kappa shape index (κ2) is 6.67. The molecule has 1 fully saturated rings. The molecule has 0 unspecified atom stereocenters. The van der Waals surface area contributed by atoms with Crippen molar-refractivity contribution in [2.24, 2.45) is 11.7 Å². The van der Waals surface area contributed by atoms with Crippen LogP contribution in [-0.4, -0.2) is 29.7 Å². The second-order valence-corrected chi connectivity index (χ2v) is 7.57. The summed E-state index contributed by atoms with van der Waals surface area (Å²) in [7, 11) is 0. The molecule has 4 nitrogen and oxygen atoms in total. The number of amides is 1. The molecule has 1 aliphatic heterocycles. The van der Waals surface area contributed by atoms with E-state index in [1.54, 1.807) is 39.8 Å². The number of alkyl halides is 2. The highest BCUT2D eigenvalue weighted by molar-refractivity contribution is 5.69. The van der Waals surface area contributed by atoms with E-state index in [4.69, 9.17) is 10.5 Å². The lowest BCUT2D eigenvalue weighted by Crippen LogP contribution is -2.52. The Bertz CT molecular complexity index is 591. The highest BCUT2D eigenvalue weighted by atomic mass is 19.3. The van der Waals surface area contributed by atoms with Gasteiger partial charge < -0.3 is 15.4 Å². The molecular weight excluding hydrogens is 314 g/mol. The number of carbonyl (C=O) groups is 1. The molecule has 1 atom stereocenters. The highest BCUT2D eigenvalue weighted by Crippen LogP contribution is 2.38. The summed E-state index contributed by atoms with van der Waals surface area (Å²) in [5.74, 6) is -3.17. The first-order chi connectivity index (χ1) is 11.0. The molecule has 1 heterocycles. The van der Waals surface area contributed by atoms with Crippen LogP contribution < -0.4 is 5.73 Å². The van der Waals surface area contributed by atoms with E-state index in [1.165, 1.54) is 17.0 Å². The molecule has 2 N–H and O–H groups in total. The fourth-order valence-corrected chi connectivity index (χ4v) is 2.70. The number of carbonyl (C=O) groups excluding carboxylic acids is 1. The zero-order chi connectivity index (χ0) is 18.1. The largest absolute Gasteiger partial charge is 0.444 e. The van der Waals surface area contributed by atoms with Crippen LogP contribution in [-0.2, 0) is 10.7 Å². The molecule has 0 spiro atoms. The molecule has 6 heteroatoms. The van der Waals surface area contributed by atoms with E-state index in [-0.39, 0.29) is 23.9 Å². The van der Waals surface area contributed by atoms with Crippen LogP contribution in [0.3, 0.4) is 0 Å². The van der Waals surface area contributed by atoms with Gasteiger partial charge in [-0.25, -0.2) is 13.6 Å². The second-order valence-electron chi connectivity index (χ2n) is 7.57. The predicted octanol–water partition coefficient (Wildman–Crippen LogP) is 4.06. The molecule has 1 aliphatic rings. The van der Waals surface area contributed by atoms with Crippen LogP contribution in [0.5, 0.6) is 0 Å². The van der Waals surface area contributed by atoms with Crippen molar-refractivity contribution in [1.29, 1.82) is 0 Å². The number of nitrogens with two attached hydrogens (primary N) is 1. The smallest absolute Gasteiger partial charge is 0.410 e. The van der Waals surface area contributed by atoms with Gasteiger partial charge in [0.15, 0.2) is 0 Å². The minimum atomic E-state index is -2.93. The predicted molar refractivity (Wildman–Crippen MR) is 88.9 cm³/mol. The maximum absolute atomic E-state index is 14.5. The molecular formula is C18H26F2N2O2. The standard InChI is InChI=1S/C18H26F2N2O2/c1-12(21)14-6-5-7-15(8-14)18(19,20)9-13-10-22(11-13)16(23)24-17(2,3)4/h5-8,12-13H,9-11,21H2,1-4H3/t12-/m1/s1. The molecule has 0 saturated carbocycles. The normalized spacial score (nSPS) is 17.4. The van der Waals surface area contributed by atoms with Gasteiger partial charge in [-0.05, 0) is 39.3 Å². The van der Waals surface area contributed by atoms with Gasteiger partial charge in [0.25, 0.3) is 5.92 Å². The highest BCUT2D eigenvalue weighted by Gasteiger charge is 2.41. The number of benzene rings is 1. The van der Waals surface area contributed by atoms with E-state index >= 15 is 0 Å². The van der Waals surface area contributed by atoms with Crippen molar-refractivity contribution in [2.45, 2.75) is 51.7 Å². The number of hydrogen-bond donors (Lipinski definition) is 1. The fraction of sp³-hybridized carbons (Fsp3) is 0.611. The lowest BCUT2D eigenvalue weighted by atomic mass is 9.89. The third-order valence-corrected chi connectivity index (χ3v) is 3.99. The van der Waals surface area contributed by atoms with Crippen molar-refractivity contribution >= 4 is 6.09 Å². The topological polar surface area (TPSA) is 55.6 Å². The number of halogens is 2. The van der Waals surface area contributed by atoms with Gasteiger partial charge >= 0.3 is 6.09 Å². The van der Waals surface area contributed by atoms with Crippen LogP contribution in [0.2, 0.25) is 0 Å². The Hall–Kier alpha value is -1.69. The quantitative estimate of drug-likeness (QED) is 0.899. The Morgan fingerprint density at radius 1 is 1.38 bits per heavy atom. The Balaban J connectivity index is 1.93. The number of hydrogen-bond acceptors (Lipinski definition) is 3. The summed E-state index contributed by atoms with van der Waals surface area (Å²) in [6.45, 7) is 7.71. The van der Waals surface area contributed by atoms with Crippen LogP contribution in [0.4, 0.5) is 13.6 Å². The summed E-state index contributed by atoms with van der Waals surface area (Å²) in [5, 5.41) is 0. The maximum Gasteiger partial charge on any atom is 0.410 e. The minimum absolute atomic E-state index is 0.0204. The van der Waals surface area contributed by atoms with Crippen molar-refractivity contribution in [1.82, 2.24) is 4.90 Å². The summed E-state index contributed by atoms with van der Waals surface area (Å²) in [6.07, 6.45) is -0.727. The summed E-state index contributed by atoms with van der Waals surface area (Å²) >= 11 is 0. The fourth-order valence-electron chi connectivity index (χ4n) is 2.70. The number of likely N-dealkylation sites (tertiary alicyclic amines) is 1. The van der Waals surface area contributed by atoms with Gasteiger partial charge in [-0.1, -0.05) is 18.2 Å². The first-order valence-corrected chi connectivity index (χ1v) is 8.20. The number of rotatable bonds is 4. The van der Waals surface area contributed by atoms with E-state index in [0.717, 1.165) is 0 Å². The lowest BCUT2D eigenvalue weighted by molar-refractivity contribution is -0.0612. The van der Waals surface area contributed by atoms with Crippen LogP contribution >= 0.6 is 0 Å². The Morgan fingerprint density at radius 2 is 2.00 bits per heavy atom. The molecule has 1 amide bonds. The molecule has 0 aliphatic carbocycles. The van der Waals surface area contributed by atoms with Crippen molar-refractivity contribution in [3.63, 3.8) is 0 Å². The molecule has 0 radical (unpaired) electrons. The minimum Gasteiger partial charge on any atom is -0.444 e. The first-order valence-electron chi connectivity index (χ1n) is 8.20. The van der Waals surface area contributed by atoms with Gasteiger partial charge in [-0.2, -0.15) is 0 Å². The van der Waals surface area contributed by atoms with Crippen LogP contribution in [0, 0.1) is 5.92 Å². The van der Waals surface area contributed by atoms with E-state index in [0.29, 0.717) is 18.7 Å². The van der Waals surface area contributed by atoms with Gasteiger partial charge in [0.05, 0.1) is 0 Å². The summed E-state index contributed by atoms with van der Waals surface area (Å²) in [4.78, 5) is 13.3. The van der Waals surface area contributed by atoms with Gasteiger partial charge in [-0.3, -0.25) is 0 Å². The lowest BCUT2D eigenvalue weighted by Gasteiger charge is -2.41. The zero-order valence-corrected chi connectivity index (χ0v) is 14.7. The van der Waals surface area contributed by atoms with Crippen molar-refractivity contribution in [2.75, 3.05) is 13.1 Å². The number of ether oxygens (including phenoxy) is 1. The van der Waals surface area contributed by atoms with E-state index < -0.39 is 17.6 Å². The Labute approximate surface area is 142 Å². The molecule has 0 bridgehead atoms. The van der Waals surface area contributed by atoms with Gasteiger partial charge in [0, 0.05) is 37.0 Å². The van der Waals surface area contributed by atoms with Crippen LogP contribution in [0.25, 0.3) is 0 Å². The number of nitrogens with zero attached hydrogens (tertiary/aromatic N) is 1. The third kappa shape index (κ3) is 4.66. The van der Waals surface area contributed by atoms with Crippen LogP contribution in [0.15, 0.2) is 24.3 Å². The molecule has 1 saturated heterocycles. The van der Waals surface area contributed by atoms with Gasteiger partial charge in [0.2, 0.25) is 0 Å². The summed E-state index contributed by atoms with van der Waals surface area (Å²) < 4.78 is 34.2. The molecule has 1 aromatic rings. The van der Waals surface area contributed by atoms with E-state index in [9.17, 15) is 13.6 Å². The maximum atomic E-state index is 14.5. The molecule has 24 heavy (non-hydrogen) atoms. The SMILES string of the molecule is C[C@@H](N)c1cccc(C(F)(F)CC2CN(C(=O)OC(C)(C)C)C2)c1. The summed E-state index contributed by atoms with van der Waals surface area (Å²) in [5.41, 5.74) is 5.86. The van der Waals surface area contributed by atoms with Gasteiger partial charge in [-0.15, -0.1) is 0 Å².